The number of benzene rings is 1. The van der Waals surface area contributed by atoms with E-state index in [0.29, 0.717) is 6.04 Å². The van der Waals surface area contributed by atoms with Crippen molar-refractivity contribution in [1.29, 1.82) is 0 Å². The van der Waals surface area contributed by atoms with E-state index in [4.69, 9.17) is 4.98 Å². The molecule has 1 saturated carbocycles. The first-order valence-electron chi connectivity index (χ1n) is 7.81. The van der Waals surface area contributed by atoms with Crippen LogP contribution in [0.3, 0.4) is 0 Å². The minimum atomic E-state index is -0.198. The summed E-state index contributed by atoms with van der Waals surface area (Å²) in [6.45, 7) is 6.35. The zero-order valence-electron chi connectivity index (χ0n) is 13.2. The van der Waals surface area contributed by atoms with E-state index in [2.05, 4.69) is 24.5 Å². The molecule has 0 unspecified atom stereocenters. The quantitative estimate of drug-likeness (QED) is 0.642. The Kier molecular flexibility index (Phi) is 2.86. The molecule has 0 saturated heterocycles. The number of halogens is 1. The van der Waals surface area contributed by atoms with Gasteiger partial charge in [-0.05, 0) is 62.9 Å². The van der Waals surface area contributed by atoms with Crippen LogP contribution in [0.2, 0.25) is 0 Å². The van der Waals surface area contributed by atoms with Gasteiger partial charge < -0.3 is 4.57 Å². The molecule has 112 valence electrons. The Morgan fingerprint density at radius 3 is 2.41 bits per heavy atom. The molecule has 4 rings (SSSR count). The predicted octanol–water partition coefficient (Wildman–Crippen LogP) is 5.10. The molecule has 0 atom stereocenters. The van der Waals surface area contributed by atoms with E-state index in [9.17, 15) is 4.39 Å². The maximum atomic E-state index is 13.3. The van der Waals surface area contributed by atoms with Crippen LogP contribution in [0.4, 0.5) is 4.39 Å². The molecule has 0 bridgehead atoms. The average molecular weight is 294 g/mol. The molecule has 1 aliphatic rings. The summed E-state index contributed by atoms with van der Waals surface area (Å²) in [7, 11) is 0. The summed E-state index contributed by atoms with van der Waals surface area (Å²) in [5.41, 5.74) is 8.07. The molecule has 3 aromatic rings. The average Bonchev–Trinajstić information content (AvgIpc) is 3.29. The largest absolute Gasteiger partial charge is 0.340 e. The van der Waals surface area contributed by atoms with Gasteiger partial charge in [0.1, 0.15) is 5.82 Å². The van der Waals surface area contributed by atoms with Crippen LogP contribution in [-0.4, -0.2) is 9.55 Å². The summed E-state index contributed by atoms with van der Waals surface area (Å²) in [6.07, 6.45) is 2.47. The molecule has 1 aliphatic carbocycles. The molecule has 0 aliphatic heterocycles. The lowest BCUT2D eigenvalue weighted by molar-refractivity contribution is 0.628. The Hall–Kier alpha value is -2.16. The van der Waals surface area contributed by atoms with Crippen LogP contribution in [0.5, 0.6) is 0 Å². The van der Waals surface area contributed by atoms with Gasteiger partial charge in [0, 0.05) is 23.0 Å². The fourth-order valence-corrected chi connectivity index (χ4v) is 3.33. The molecule has 3 heteroatoms. The summed E-state index contributed by atoms with van der Waals surface area (Å²) < 4.78 is 15.7. The second-order valence-electron chi connectivity index (χ2n) is 6.33. The van der Waals surface area contributed by atoms with Gasteiger partial charge in [-0.3, -0.25) is 4.98 Å². The number of rotatable bonds is 2. The second-order valence-corrected chi connectivity index (χ2v) is 6.33. The molecule has 1 aromatic carbocycles. The third-order valence-corrected chi connectivity index (χ3v) is 4.69. The highest BCUT2D eigenvalue weighted by Gasteiger charge is 2.29. The van der Waals surface area contributed by atoms with Gasteiger partial charge in [0.2, 0.25) is 0 Å². The number of aryl methyl sites for hydroxylation is 2. The standard InChI is InChI=1S/C19H19FN2/c1-11-10-17(14-4-6-15(20)7-5-14)19-18(21-11)12(2)13(3)22(19)16-8-9-16/h4-7,10,16H,8-9H2,1-3H3. The van der Waals surface area contributed by atoms with E-state index >= 15 is 0 Å². The van der Waals surface area contributed by atoms with Crippen molar-refractivity contribution in [3.63, 3.8) is 0 Å². The van der Waals surface area contributed by atoms with Crippen LogP contribution in [0.15, 0.2) is 30.3 Å². The minimum absolute atomic E-state index is 0.198. The summed E-state index contributed by atoms with van der Waals surface area (Å²) in [6, 6.07) is 9.49. The van der Waals surface area contributed by atoms with Crippen LogP contribution in [0.25, 0.3) is 22.2 Å². The molecule has 0 radical (unpaired) electrons. The van der Waals surface area contributed by atoms with E-state index in [1.807, 2.05) is 19.1 Å². The first kappa shape index (κ1) is 13.5. The van der Waals surface area contributed by atoms with Crippen molar-refractivity contribution < 1.29 is 4.39 Å². The number of hydrogen-bond acceptors (Lipinski definition) is 1. The van der Waals surface area contributed by atoms with Crippen LogP contribution in [-0.2, 0) is 0 Å². The zero-order valence-corrected chi connectivity index (χ0v) is 13.2. The van der Waals surface area contributed by atoms with Gasteiger partial charge in [-0.25, -0.2) is 4.39 Å². The van der Waals surface area contributed by atoms with Crippen molar-refractivity contribution in [2.24, 2.45) is 0 Å². The van der Waals surface area contributed by atoms with Gasteiger partial charge in [0.15, 0.2) is 0 Å². The molecular weight excluding hydrogens is 275 g/mol. The Morgan fingerprint density at radius 2 is 1.77 bits per heavy atom. The highest BCUT2D eigenvalue weighted by molar-refractivity contribution is 5.95. The Bertz CT molecular complexity index is 871. The molecule has 2 nitrogen and oxygen atoms in total. The van der Waals surface area contributed by atoms with Crippen molar-refractivity contribution in [1.82, 2.24) is 9.55 Å². The SMILES string of the molecule is Cc1cc(-c2ccc(F)cc2)c2c(n1)c(C)c(C)n2C1CC1. The predicted molar refractivity (Wildman–Crippen MR) is 87.6 cm³/mol. The highest BCUT2D eigenvalue weighted by atomic mass is 19.1. The van der Waals surface area contributed by atoms with Gasteiger partial charge in [0.25, 0.3) is 0 Å². The van der Waals surface area contributed by atoms with Crippen LogP contribution in [0, 0.1) is 26.6 Å². The fraction of sp³-hybridized carbons (Fsp3) is 0.316. The number of hydrogen-bond donors (Lipinski definition) is 0. The van der Waals surface area contributed by atoms with E-state index in [-0.39, 0.29) is 5.82 Å². The van der Waals surface area contributed by atoms with Crippen molar-refractivity contribution in [2.75, 3.05) is 0 Å². The monoisotopic (exact) mass is 294 g/mol. The summed E-state index contributed by atoms with van der Waals surface area (Å²) in [4.78, 5) is 4.78. The van der Waals surface area contributed by atoms with Crippen molar-refractivity contribution in [3.05, 3.63) is 53.1 Å². The lowest BCUT2D eigenvalue weighted by atomic mass is 10.0. The fourth-order valence-electron chi connectivity index (χ4n) is 3.33. The van der Waals surface area contributed by atoms with E-state index in [0.717, 1.165) is 22.3 Å². The van der Waals surface area contributed by atoms with Crippen LogP contribution in [0.1, 0.15) is 35.8 Å². The first-order valence-corrected chi connectivity index (χ1v) is 7.81. The van der Waals surface area contributed by atoms with Gasteiger partial charge in [-0.1, -0.05) is 12.1 Å². The molecule has 0 N–H and O–H groups in total. The van der Waals surface area contributed by atoms with Crippen LogP contribution >= 0.6 is 0 Å². The Labute approximate surface area is 129 Å². The van der Waals surface area contributed by atoms with Gasteiger partial charge in [0.05, 0.1) is 11.0 Å². The first-order chi connectivity index (χ1) is 10.6. The Morgan fingerprint density at radius 1 is 1.09 bits per heavy atom. The van der Waals surface area contributed by atoms with E-state index in [1.54, 1.807) is 0 Å². The third-order valence-electron chi connectivity index (χ3n) is 4.69. The lowest BCUT2D eigenvalue weighted by Gasteiger charge is -2.11. The zero-order chi connectivity index (χ0) is 15.4. The van der Waals surface area contributed by atoms with Gasteiger partial charge in [-0.15, -0.1) is 0 Å². The van der Waals surface area contributed by atoms with E-state index in [1.165, 1.54) is 41.7 Å². The van der Waals surface area contributed by atoms with Crippen molar-refractivity contribution >= 4 is 11.0 Å². The van der Waals surface area contributed by atoms with Gasteiger partial charge in [-0.2, -0.15) is 0 Å². The summed E-state index contributed by atoms with van der Waals surface area (Å²) >= 11 is 0. The topological polar surface area (TPSA) is 17.8 Å². The normalized spacial score (nSPS) is 14.7. The number of pyridine rings is 1. The lowest BCUT2D eigenvalue weighted by Crippen LogP contribution is -1.98. The van der Waals surface area contributed by atoms with E-state index < -0.39 is 0 Å². The smallest absolute Gasteiger partial charge is 0.123 e. The molecule has 0 spiro atoms. The molecule has 22 heavy (non-hydrogen) atoms. The molecule has 0 amide bonds. The van der Waals surface area contributed by atoms with Crippen molar-refractivity contribution in [2.45, 2.75) is 39.7 Å². The minimum Gasteiger partial charge on any atom is -0.340 e. The maximum absolute atomic E-state index is 13.3. The Balaban J connectivity index is 2.09. The van der Waals surface area contributed by atoms with Crippen molar-refractivity contribution in [3.8, 4) is 11.1 Å². The molecule has 2 heterocycles. The molecular formula is C19H19FN2. The number of aromatic nitrogens is 2. The number of fused-ring (bicyclic) bond motifs is 1. The molecule has 1 fully saturated rings. The summed E-state index contributed by atoms with van der Waals surface area (Å²) in [5.74, 6) is -0.198. The maximum Gasteiger partial charge on any atom is 0.123 e. The van der Waals surface area contributed by atoms with Crippen LogP contribution < -0.4 is 0 Å². The third kappa shape index (κ3) is 1.96. The summed E-state index contributed by atoms with van der Waals surface area (Å²) in [5, 5.41) is 0. The second kappa shape index (κ2) is 4.67. The number of nitrogens with zero attached hydrogens (tertiary/aromatic N) is 2. The highest BCUT2D eigenvalue weighted by Crippen LogP contribution is 2.43. The van der Waals surface area contributed by atoms with Gasteiger partial charge >= 0.3 is 0 Å². The molecule has 2 aromatic heterocycles.